The minimum atomic E-state index is -1.38. The number of carbonyl (C=O) groups excluding carboxylic acids is 3. The molecule has 0 N–H and O–H groups in total. The minimum absolute atomic E-state index is 0.0248. The van der Waals surface area contributed by atoms with E-state index in [-0.39, 0.29) is 24.1 Å². The maximum Gasteiger partial charge on any atom is 0.320 e. The van der Waals surface area contributed by atoms with Crippen molar-refractivity contribution < 1.29 is 28.6 Å². The van der Waals surface area contributed by atoms with Crippen LogP contribution < -0.4 is 0 Å². The Kier molecular flexibility index (Phi) is 5.07. The number of carbonyl (C=O) groups is 3. The largest absolute Gasteiger partial charge is 0.487 e. The van der Waals surface area contributed by atoms with Crippen LogP contribution in [-0.4, -0.2) is 38.0 Å². The highest BCUT2D eigenvalue weighted by Gasteiger charge is 2.41. The Bertz CT molecular complexity index is 474. The van der Waals surface area contributed by atoms with E-state index in [1.54, 1.807) is 13.8 Å². The summed E-state index contributed by atoms with van der Waals surface area (Å²) in [5, 5.41) is 0. The van der Waals surface area contributed by atoms with Crippen molar-refractivity contribution in [2.45, 2.75) is 26.4 Å². The molecule has 1 aliphatic carbocycles. The van der Waals surface area contributed by atoms with Crippen LogP contribution in [0.15, 0.2) is 24.0 Å². The number of rotatable bonds is 5. The standard InChI is InChI=1S/C14H18O6/c1-9(2)20-11-7-14(13(17)19-4,6-5-10(11)15)8-12(16)18-3/h5-7,9H,8H2,1-4H3. The van der Waals surface area contributed by atoms with E-state index in [9.17, 15) is 14.4 Å². The molecule has 0 spiro atoms. The predicted octanol–water partition coefficient (Wildman–Crippen LogP) is 1.16. The monoisotopic (exact) mass is 282 g/mol. The van der Waals surface area contributed by atoms with Gasteiger partial charge in [-0.15, -0.1) is 0 Å². The summed E-state index contributed by atoms with van der Waals surface area (Å²) in [5.41, 5.74) is -1.38. The normalized spacial score (nSPS) is 21.4. The van der Waals surface area contributed by atoms with Gasteiger partial charge < -0.3 is 14.2 Å². The van der Waals surface area contributed by atoms with Gasteiger partial charge in [0.1, 0.15) is 5.41 Å². The second kappa shape index (κ2) is 6.36. The molecule has 0 radical (unpaired) electrons. The molecule has 0 saturated heterocycles. The molecule has 1 rings (SSSR count). The molecule has 0 fully saturated rings. The Labute approximate surface area is 117 Å². The highest BCUT2D eigenvalue weighted by atomic mass is 16.5. The van der Waals surface area contributed by atoms with E-state index in [1.165, 1.54) is 32.4 Å². The van der Waals surface area contributed by atoms with E-state index in [0.29, 0.717) is 0 Å². The summed E-state index contributed by atoms with van der Waals surface area (Å²) in [4.78, 5) is 35.2. The maximum atomic E-state index is 12.0. The van der Waals surface area contributed by atoms with Gasteiger partial charge in [-0.2, -0.15) is 0 Å². The average Bonchev–Trinajstić information content (AvgIpc) is 2.41. The average molecular weight is 282 g/mol. The third-order valence-corrected chi connectivity index (χ3v) is 2.76. The maximum absolute atomic E-state index is 12.0. The zero-order valence-corrected chi connectivity index (χ0v) is 12.0. The highest BCUT2D eigenvalue weighted by Crippen LogP contribution is 2.33. The molecule has 0 aliphatic heterocycles. The Balaban J connectivity index is 3.19. The molecule has 6 nitrogen and oxygen atoms in total. The first-order chi connectivity index (χ1) is 9.34. The summed E-state index contributed by atoms with van der Waals surface area (Å²) in [6.45, 7) is 3.51. The van der Waals surface area contributed by atoms with Gasteiger partial charge in [-0.3, -0.25) is 14.4 Å². The van der Waals surface area contributed by atoms with Crippen molar-refractivity contribution in [1.29, 1.82) is 0 Å². The number of ether oxygens (including phenoxy) is 3. The topological polar surface area (TPSA) is 78.9 Å². The number of methoxy groups -OCH3 is 2. The van der Waals surface area contributed by atoms with Crippen LogP contribution in [0.25, 0.3) is 0 Å². The van der Waals surface area contributed by atoms with Crippen molar-refractivity contribution >= 4 is 17.7 Å². The lowest BCUT2D eigenvalue weighted by Crippen LogP contribution is -2.35. The van der Waals surface area contributed by atoms with Crippen molar-refractivity contribution in [3.63, 3.8) is 0 Å². The van der Waals surface area contributed by atoms with Crippen LogP contribution in [0.4, 0.5) is 0 Å². The van der Waals surface area contributed by atoms with Crippen molar-refractivity contribution in [2.24, 2.45) is 5.41 Å². The minimum Gasteiger partial charge on any atom is -0.487 e. The number of hydrogen-bond acceptors (Lipinski definition) is 6. The van der Waals surface area contributed by atoms with Crippen LogP contribution in [-0.2, 0) is 28.6 Å². The second-order valence-electron chi connectivity index (χ2n) is 4.66. The zero-order chi connectivity index (χ0) is 15.3. The van der Waals surface area contributed by atoms with Crippen LogP contribution in [0, 0.1) is 5.41 Å². The summed E-state index contributed by atoms with van der Waals surface area (Å²) in [7, 11) is 2.43. The van der Waals surface area contributed by atoms with Gasteiger partial charge in [0.25, 0.3) is 0 Å². The van der Waals surface area contributed by atoms with Gasteiger partial charge in [0.15, 0.2) is 5.76 Å². The molecule has 6 heteroatoms. The molecule has 1 unspecified atom stereocenters. The molecule has 0 aromatic heterocycles. The quantitative estimate of drug-likeness (QED) is 0.704. The molecule has 20 heavy (non-hydrogen) atoms. The molecule has 1 aliphatic rings. The molecule has 0 aromatic rings. The summed E-state index contributed by atoms with van der Waals surface area (Å²) in [6.07, 6.45) is 3.37. The Morgan fingerprint density at radius 3 is 2.40 bits per heavy atom. The van der Waals surface area contributed by atoms with Crippen LogP contribution in [0.2, 0.25) is 0 Å². The fourth-order valence-electron chi connectivity index (χ4n) is 1.82. The van der Waals surface area contributed by atoms with Gasteiger partial charge in [0.2, 0.25) is 5.78 Å². The molecule has 110 valence electrons. The van der Waals surface area contributed by atoms with Crippen LogP contribution in [0.5, 0.6) is 0 Å². The van der Waals surface area contributed by atoms with E-state index < -0.39 is 17.4 Å². The number of allylic oxidation sites excluding steroid dienone is 1. The highest BCUT2D eigenvalue weighted by molar-refractivity contribution is 6.06. The first-order valence-corrected chi connectivity index (χ1v) is 6.13. The summed E-state index contributed by atoms with van der Waals surface area (Å²) in [5.74, 6) is -1.58. The van der Waals surface area contributed by atoms with E-state index >= 15 is 0 Å². The fraction of sp³-hybridized carbons (Fsp3) is 0.500. The lowest BCUT2D eigenvalue weighted by molar-refractivity contribution is -0.154. The SMILES string of the molecule is COC(=O)CC1(C(=O)OC)C=CC(=O)C(OC(C)C)=C1. The first-order valence-electron chi connectivity index (χ1n) is 6.13. The number of hydrogen-bond donors (Lipinski definition) is 0. The fourth-order valence-corrected chi connectivity index (χ4v) is 1.82. The molecular formula is C14H18O6. The molecule has 0 saturated carbocycles. The molecule has 0 aromatic carbocycles. The third kappa shape index (κ3) is 3.46. The van der Waals surface area contributed by atoms with Crippen molar-refractivity contribution in [1.82, 2.24) is 0 Å². The summed E-state index contributed by atoms with van der Waals surface area (Å²) in [6, 6.07) is 0. The first kappa shape index (κ1) is 15.9. The van der Waals surface area contributed by atoms with Crippen molar-refractivity contribution in [3.05, 3.63) is 24.0 Å². The third-order valence-electron chi connectivity index (χ3n) is 2.76. The Morgan fingerprint density at radius 1 is 1.25 bits per heavy atom. The van der Waals surface area contributed by atoms with E-state index in [2.05, 4.69) is 4.74 Å². The molecule has 0 amide bonds. The van der Waals surface area contributed by atoms with E-state index in [0.717, 1.165) is 0 Å². The summed E-state index contributed by atoms with van der Waals surface area (Å²) >= 11 is 0. The van der Waals surface area contributed by atoms with Gasteiger partial charge in [-0.05, 0) is 26.0 Å². The number of ketones is 1. The van der Waals surface area contributed by atoms with Crippen LogP contribution >= 0.6 is 0 Å². The molecular weight excluding hydrogens is 264 g/mol. The zero-order valence-electron chi connectivity index (χ0n) is 12.0. The van der Waals surface area contributed by atoms with Crippen molar-refractivity contribution in [2.75, 3.05) is 14.2 Å². The van der Waals surface area contributed by atoms with Gasteiger partial charge in [0, 0.05) is 0 Å². The molecule has 0 bridgehead atoms. The smallest absolute Gasteiger partial charge is 0.320 e. The van der Waals surface area contributed by atoms with E-state index in [1.807, 2.05) is 0 Å². The lowest BCUT2D eigenvalue weighted by atomic mass is 9.80. The van der Waals surface area contributed by atoms with Crippen molar-refractivity contribution in [3.8, 4) is 0 Å². The lowest BCUT2D eigenvalue weighted by Gasteiger charge is -2.27. The second-order valence-corrected chi connectivity index (χ2v) is 4.66. The van der Waals surface area contributed by atoms with Crippen LogP contribution in [0.1, 0.15) is 20.3 Å². The summed E-state index contributed by atoms with van der Waals surface area (Å²) < 4.78 is 14.7. The predicted molar refractivity (Wildman–Crippen MR) is 69.5 cm³/mol. The Hall–Kier alpha value is -2.11. The number of esters is 2. The molecule has 0 heterocycles. The van der Waals surface area contributed by atoms with Crippen LogP contribution in [0.3, 0.4) is 0 Å². The Morgan fingerprint density at radius 2 is 1.90 bits per heavy atom. The van der Waals surface area contributed by atoms with Gasteiger partial charge in [0.05, 0.1) is 26.7 Å². The van der Waals surface area contributed by atoms with Gasteiger partial charge >= 0.3 is 11.9 Å². The van der Waals surface area contributed by atoms with E-state index in [4.69, 9.17) is 9.47 Å². The van der Waals surface area contributed by atoms with Gasteiger partial charge in [-0.25, -0.2) is 0 Å². The molecule has 1 atom stereocenters. The van der Waals surface area contributed by atoms with Gasteiger partial charge in [-0.1, -0.05) is 6.08 Å².